The number of hydrogen-bond acceptors (Lipinski definition) is 3. The second-order valence-corrected chi connectivity index (χ2v) is 4.84. The van der Waals surface area contributed by atoms with Gasteiger partial charge in [0.1, 0.15) is 0 Å². The number of rotatable bonds is 6. The van der Waals surface area contributed by atoms with Crippen molar-refractivity contribution in [1.29, 1.82) is 0 Å². The highest BCUT2D eigenvalue weighted by molar-refractivity contribution is 5.69. The van der Waals surface area contributed by atoms with Crippen LogP contribution in [0.4, 0.5) is 0 Å². The fourth-order valence-corrected chi connectivity index (χ4v) is 2.74. The highest BCUT2D eigenvalue weighted by Gasteiger charge is 2.35. The Morgan fingerprint density at radius 2 is 2.12 bits per heavy atom. The van der Waals surface area contributed by atoms with E-state index >= 15 is 0 Å². The van der Waals surface area contributed by atoms with Crippen molar-refractivity contribution in [3.63, 3.8) is 0 Å². The summed E-state index contributed by atoms with van der Waals surface area (Å²) >= 11 is 0. The molecule has 1 rings (SSSR count). The molecule has 1 unspecified atom stereocenters. The maximum absolute atomic E-state index is 11.2. The van der Waals surface area contributed by atoms with E-state index in [1.54, 1.807) is 0 Å². The van der Waals surface area contributed by atoms with Crippen LogP contribution in [0.3, 0.4) is 0 Å². The van der Waals surface area contributed by atoms with E-state index in [4.69, 9.17) is 4.74 Å². The van der Waals surface area contributed by atoms with Crippen LogP contribution >= 0.6 is 0 Å². The molecule has 3 atom stereocenters. The van der Waals surface area contributed by atoms with Crippen LogP contribution in [0.2, 0.25) is 0 Å². The Balaban J connectivity index is 2.39. The van der Waals surface area contributed by atoms with Crippen molar-refractivity contribution < 1.29 is 14.6 Å². The number of ether oxygens (including phenoxy) is 1. The molecule has 3 nitrogen and oxygen atoms in total. The topological polar surface area (TPSA) is 46.5 Å². The molecule has 1 N–H and O–H groups in total. The third-order valence-electron chi connectivity index (χ3n) is 3.73. The van der Waals surface area contributed by atoms with Crippen LogP contribution in [-0.4, -0.2) is 24.3 Å². The highest BCUT2D eigenvalue weighted by atomic mass is 16.5. The van der Waals surface area contributed by atoms with Gasteiger partial charge in [-0.15, -0.1) is 0 Å². The molecule has 0 amide bonds. The molecule has 0 aromatic heterocycles. The maximum Gasteiger partial charge on any atom is 0.305 e. The van der Waals surface area contributed by atoms with Crippen LogP contribution in [0.15, 0.2) is 0 Å². The summed E-state index contributed by atoms with van der Waals surface area (Å²) in [6.45, 7) is 2.18. The number of carbonyl (C=O) groups excluding carboxylic acids is 1. The predicted molar refractivity (Wildman–Crippen MR) is 63.0 cm³/mol. The van der Waals surface area contributed by atoms with Crippen molar-refractivity contribution in [1.82, 2.24) is 0 Å². The number of carbonyl (C=O) groups is 1. The summed E-state index contributed by atoms with van der Waals surface area (Å²) in [6, 6.07) is 0. The molecule has 0 aromatic rings. The minimum Gasteiger partial charge on any atom is -0.469 e. The second kappa shape index (κ2) is 6.89. The fraction of sp³-hybridized carbons (Fsp3) is 0.923. The molecule has 1 aliphatic carbocycles. The van der Waals surface area contributed by atoms with Gasteiger partial charge in [-0.05, 0) is 31.1 Å². The fourth-order valence-electron chi connectivity index (χ4n) is 2.74. The number of unbranched alkanes of at least 4 members (excludes halogenated alkanes) is 2. The molecule has 1 saturated carbocycles. The van der Waals surface area contributed by atoms with Crippen molar-refractivity contribution in [3.8, 4) is 0 Å². The van der Waals surface area contributed by atoms with E-state index < -0.39 is 0 Å². The van der Waals surface area contributed by atoms with Crippen molar-refractivity contribution in [2.45, 2.75) is 58.0 Å². The Labute approximate surface area is 98.2 Å². The summed E-state index contributed by atoms with van der Waals surface area (Å²) in [4.78, 5) is 11.2. The zero-order valence-electron chi connectivity index (χ0n) is 10.4. The Morgan fingerprint density at radius 3 is 2.75 bits per heavy atom. The van der Waals surface area contributed by atoms with Crippen LogP contribution in [0, 0.1) is 11.8 Å². The number of aliphatic hydroxyl groups is 1. The molecule has 0 bridgehead atoms. The first-order chi connectivity index (χ1) is 7.69. The van der Waals surface area contributed by atoms with Crippen molar-refractivity contribution in [3.05, 3.63) is 0 Å². The maximum atomic E-state index is 11.2. The second-order valence-electron chi connectivity index (χ2n) is 4.84. The highest BCUT2D eigenvalue weighted by Crippen LogP contribution is 2.37. The smallest absolute Gasteiger partial charge is 0.305 e. The summed E-state index contributed by atoms with van der Waals surface area (Å²) in [7, 11) is 1.43. The average molecular weight is 228 g/mol. The lowest BCUT2D eigenvalue weighted by molar-refractivity contribution is -0.142. The van der Waals surface area contributed by atoms with E-state index in [2.05, 4.69) is 6.92 Å². The van der Waals surface area contributed by atoms with Gasteiger partial charge in [-0.2, -0.15) is 0 Å². The SMILES string of the molecule is CCCCC[C@H]1C(O)CC[C@@H]1CC(=O)OC. The van der Waals surface area contributed by atoms with Gasteiger partial charge in [-0.25, -0.2) is 0 Å². The van der Waals surface area contributed by atoms with E-state index in [0.717, 1.165) is 25.7 Å². The normalized spacial score (nSPS) is 29.3. The molecule has 3 heteroatoms. The Morgan fingerprint density at radius 1 is 1.38 bits per heavy atom. The molecule has 1 fully saturated rings. The lowest BCUT2D eigenvalue weighted by Crippen LogP contribution is -2.21. The van der Waals surface area contributed by atoms with E-state index in [1.165, 1.54) is 20.0 Å². The summed E-state index contributed by atoms with van der Waals surface area (Å²) in [5, 5.41) is 9.89. The quantitative estimate of drug-likeness (QED) is 0.561. The third kappa shape index (κ3) is 3.78. The molecule has 0 aliphatic heterocycles. The zero-order valence-corrected chi connectivity index (χ0v) is 10.4. The van der Waals surface area contributed by atoms with Crippen molar-refractivity contribution in [2.24, 2.45) is 11.8 Å². The van der Waals surface area contributed by atoms with Gasteiger partial charge in [-0.1, -0.05) is 26.2 Å². The van der Waals surface area contributed by atoms with Gasteiger partial charge < -0.3 is 9.84 Å². The first-order valence-corrected chi connectivity index (χ1v) is 6.44. The number of aliphatic hydroxyl groups excluding tert-OH is 1. The van der Waals surface area contributed by atoms with E-state index in [0.29, 0.717) is 18.3 Å². The van der Waals surface area contributed by atoms with Crippen LogP contribution < -0.4 is 0 Å². The van der Waals surface area contributed by atoms with E-state index in [-0.39, 0.29) is 12.1 Å². The van der Waals surface area contributed by atoms with Gasteiger partial charge in [0.2, 0.25) is 0 Å². The van der Waals surface area contributed by atoms with Crippen LogP contribution in [0.5, 0.6) is 0 Å². The van der Waals surface area contributed by atoms with Crippen molar-refractivity contribution >= 4 is 5.97 Å². The first-order valence-electron chi connectivity index (χ1n) is 6.44. The van der Waals surface area contributed by atoms with E-state index in [9.17, 15) is 9.90 Å². The van der Waals surface area contributed by atoms with Gasteiger partial charge >= 0.3 is 5.97 Å². The Hall–Kier alpha value is -0.570. The summed E-state index contributed by atoms with van der Waals surface area (Å²) < 4.78 is 4.70. The summed E-state index contributed by atoms with van der Waals surface area (Å²) in [5.41, 5.74) is 0. The molecular formula is C13H24O3. The lowest BCUT2D eigenvalue weighted by Gasteiger charge is -2.21. The molecule has 1 aliphatic rings. The lowest BCUT2D eigenvalue weighted by atomic mass is 9.87. The molecule has 0 spiro atoms. The van der Waals surface area contributed by atoms with Gasteiger partial charge in [0.05, 0.1) is 13.2 Å². The molecule has 94 valence electrons. The molecule has 0 aromatic carbocycles. The first kappa shape index (κ1) is 13.5. The van der Waals surface area contributed by atoms with Crippen LogP contribution in [0.25, 0.3) is 0 Å². The van der Waals surface area contributed by atoms with Gasteiger partial charge in [0.15, 0.2) is 0 Å². The third-order valence-corrected chi connectivity index (χ3v) is 3.73. The molecule has 16 heavy (non-hydrogen) atoms. The van der Waals surface area contributed by atoms with Crippen molar-refractivity contribution in [2.75, 3.05) is 7.11 Å². The largest absolute Gasteiger partial charge is 0.469 e. The van der Waals surface area contributed by atoms with Crippen LogP contribution in [0.1, 0.15) is 51.9 Å². The molecule has 0 saturated heterocycles. The standard InChI is InChI=1S/C13H24O3/c1-3-4-5-6-11-10(7-8-12(11)14)9-13(15)16-2/h10-12,14H,3-9H2,1-2H3/t10-,11-,12?/m1/s1. The molecular weight excluding hydrogens is 204 g/mol. The zero-order chi connectivity index (χ0) is 12.0. The molecule has 0 heterocycles. The summed E-state index contributed by atoms with van der Waals surface area (Å²) in [5.74, 6) is 0.504. The minimum absolute atomic E-state index is 0.139. The Kier molecular flexibility index (Phi) is 5.81. The van der Waals surface area contributed by atoms with E-state index in [1.807, 2.05) is 0 Å². The van der Waals surface area contributed by atoms with Gasteiger partial charge in [0, 0.05) is 6.42 Å². The average Bonchev–Trinajstić information content (AvgIpc) is 2.61. The Bertz CT molecular complexity index is 215. The van der Waals surface area contributed by atoms with Gasteiger partial charge in [-0.3, -0.25) is 4.79 Å². The number of hydrogen-bond donors (Lipinski definition) is 1. The van der Waals surface area contributed by atoms with Gasteiger partial charge in [0.25, 0.3) is 0 Å². The number of esters is 1. The monoisotopic (exact) mass is 228 g/mol. The molecule has 0 radical (unpaired) electrons. The predicted octanol–water partition coefficient (Wildman–Crippen LogP) is 2.52. The number of methoxy groups -OCH3 is 1. The summed E-state index contributed by atoms with van der Waals surface area (Å²) in [6.07, 6.45) is 6.72. The minimum atomic E-state index is -0.202. The van der Waals surface area contributed by atoms with Crippen LogP contribution in [-0.2, 0) is 9.53 Å².